The number of aryl methyl sites for hydroxylation is 1. The Morgan fingerprint density at radius 1 is 1.21 bits per heavy atom. The number of rotatable bonds is 3. The van der Waals surface area contributed by atoms with Crippen LogP contribution in [0.15, 0.2) is 58.9 Å². The van der Waals surface area contributed by atoms with E-state index in [9.17, 15) is 4.79 Å². The van der Waals surface area contributed by atoms with E-state index >= 15 is 0 Å². The summed E-state index contributed by atoms with van der Waals surface area (Å²) in [4.78, 5) is 15.1. The Morgan fingerprint density at radius 3 is 2.90 bits per heavy atom. The van der Waals surface area contributed by atoms with Gasteiger partial charge >= 0.3 is 0 Å². The summed E-state index contributed by atoms with van der Waals surface area (Å²) in [6.07, 6.45) is 3.38. The van der Waals surface area contributed by atoms with Gasteiger partial charge in [0, 0.05) is 11.6 Å². The Bertz CT molecular complexity index is 1130. The van der Waals surface area contributed by atoms with Crippen LogP contribution in [0.4, 0.5) is 0 Å². The molecule has 2 aromatic carbocycles. The zero-order valence-electron chi connectivity index (χ0n) is 15.8. The van der Waals surface area contributed by atoms with Crippen LogP contribution >= 0.6 is 11.6 Å². The minimum absolute atomic E-state index is 0.122. The van der Waals surface area contributed by atoms with Crippen molar-refractivity contribution in [3.8, 4) is 11.5 Å². The first-order valence-electron chi connectivity index (χ1n) is 9.32. The topological polar surface area (TPSA) is 51.9 Å². The van der Waals surface area contributed by atoms with Crippen LogP contribution in [-0.4, -0.2) is 17.4 Å². The monoisotopic (exact) mass is 407 g/mol. The smallest absolute Gasteiger partial charge is 0.232 e. The molecular formula is C23H18ClNO4. The standard InChI is InChI=1S/C23H18ClNO4/c1-14-8-19-18(12-25(13-28-19)11-17-6-3-7-27-17)23-21(14)22(26)20(29-23)10-15-4-2-5-16(24)9-15/h2-10H,11-13H2,1H3/b20-10-. The number of halogens is 1. The summed E-state index contributed by atoms with van der Waals surface area (Å²) in [5, 5.41) is 0.609. The second-order valence-corrected chi connectivity index (χ2v) is 7.65. The van der Waals surface area contributed by atoms with Crippen LogP contribution < -0.4 is 9.47 Å². The van der Waals surface area contributed by atoms with Gasteiger partial charge in [-0.3, -0.25) is 9.69 Å². The van der Waals surface area contributed by atoms with Crippen molar-refractivity contribution in [3.63, 3.8) is 0 Å². The third-order valence-corrected chi connectivity index (χ3v) is 5.33. The molecule has 0 amide bonds. The van der Waals surface area contributed by atoms with Gasteiger partial charge in [0.1, 0.15) is 24.0 Å². The van der Waals surface area contributed by atoms with Crippen molar-refractivity contribution in [1.29, 1.82) is 0 Å². The number of allylic oxidation sites excluding steroid dienone is 1. The second kappa shape index (κ2) is 7.10. The fourth-order valence-electron chi connectivity index (χ4n) is 3.75. The largest absolute Gasteiger partial charge is 0.478 e. The van der Waals surface area contributed by atoms with E-state index in [-0.39, 0.29) is 5.78 Å². The lowest BCUT2D eigenvalue weighted by Crippen LogP contribution is -2.31. The molecule has 5 nitrogen and oxygen atoms in total. The molecule has 0 N–H and O–H groups in total. The molecule has 6 heteroatoms. The number of carbonyl (C=O) groups is 1. The lowest BCUT2D eigenvalue weighted by atomic mass is 9.98. The van der Waals surface area contributed by atoms with Gasteiger partial charge in [0.25, 0.3) is 0 Å². The van der Waals surface area contributed by atoms with Crippen molar-refractivity contribution in [3.05, 3.63) is 87.5 Å². The summed E-state index contributed by atoms with van der Waals surface area (Å²) >= 11 is 6.07. The van der Waals surface area contributed by atoms with Crippen LogP contribution in [0.25, 0.3) is 6.08 Å². The van der Waals surface area contributed by atoms with E-state index in [1.807, 2.05) is 37.3 Å². The molecule has 0 bridgehead atoms. The van der Waals surface area contributed by atoms with E-state index in [0.29, 0.717) is 41.9 Å². The molecule has 0 fully saturated rings. The first kappa shape index (κ1) is 18.0. The first-order valence-corrected chi connectivity index (χ1v) is 9.70. The third kappa shape index (κ3) is 3.33. The summed E-state index contributed by atoms with van der Waals surface area (Å²) in [7, 11) is 0. The number of carbonyl (C=O) groups excluding carboxylic acids is 1. The molecule has 0 spiro atoms. The van der Waals surface area contributed by atoms with Crippen LogP contribution in [0.2, 0.25) is 5.02 Å². The lowest BCUT2D eigenvalue weighted by Gasteiger charge is -2.29. The highest BCUT2D eigenvalue weighted by atomic mass is 35.5. The number of furan rings is 1. The van der Waals surface area contributed by atoms with Gasteiger partial charge in [-0.2, -0.15) is 0 Å². The van der Waals surface area contributed by atoms with E-state index in [4.69, 9.17) is 25.5 Å². The van der Waals surface area contributed by atoms with Crippen LogP contribution in [0.1, 0.15) is 32.8 Å². The third-order valence-electron chi connectivity index (χ3n) is 5.09. The summed E-state index contributed by atoms with van der Waals surface area (Å²) in [6, 6.07) is 13.0. The lowest BCUT2D eigenvalue weighted by molar-refractivity contribution is 0.0809. The van der Waals surface area contributed by atoms with Gasteiger partial charge in [-0.25, -0.2) is 0 Å². The van der Waals surface area contributed by atoms with Gasteiger partial charge < -0.3 is 13.9 Å². The van der Waals surface area contributed by atoms with Crippen LogP contribution in [0.5, 0.6) is 11.5 Å². The molecule has 0 saturated heterocycles. The Balaban J connectivity index is 1.49. The molecule has 0 unspecified atom stereocenters. The van der Waals surface area contributed by atoms with Gasteiger partial charge in [0.05, 0.1) is 23.9 Å². The molecule has 3 aromatic rings. The average Bonchev–Trinajstić information content (AvgIpc) is 3.31. The zero-order valence-corrected chi connectivity index (χ0v) is 16.5. The number of hydrogen-bond acceptors (Lipinski definition) is 5. The second-order valence-electron chi connectivity index (χ2n) is 7.21. The van der Waals surface area contributed by atoms with E-state index in [0.717, 1.165) is 28.2 Å². The Kier molecular flexibility index (Phi) is 4.42. The predicted molar refractivity (Wildman–Crippen MR) is 109 cm³/mol. The highest BCUT2D eigenvalue weighted by molar-refractivity contribution is 6.30. The van der Waals surface area contributed by atoms with Crippen LogP contribution in [0.3, 0.4) is 0 Å². The highest BCUT2D eigenvalue weighted by Crippen LogP contribution is 2.44. The van der Waals surface area contributed by atoms with Crippen molar-refractivity contribution in [2.24, 2.45) is 0 Å². The number of nitrogens with zero attached hydrogens (tertiary/aromatic N) is 1. The van der Waals surface area contributed by atoms with Crippen molar-refractivity contribution >= 4 is 23.5 Å². The number of fused-ring (bicyclic) bond motifs is 3. The predicted octanol–water partition coefficient (Wildman–Crippen LogP) is 5.21. The maximum Gasteiger partial charge on any atom is 0.232 e. The summed E-state index contributed by atoms with van der Waals surface area (Å²) in [5.41, 5.74) is 3.14. The SMILES string of the molecule is Cc1cc2c(c3c1C(=O)/C(=C/c1cccc(Cl)c1)O3)CN(Cc1ccco1)CO2. The number of Topliss-reactive ketones (excluding diaryl/α,β-unsaturated/α-hetero) is 1. The van der Waals surface area contributed by atoms with Gasteiger partial charge in [-0.1, -0.05) is 23.7 Å². The van der Waals surface area contributed by atoms with E-state index in [2.05, 4.69) is 4.90 Å². The fourth-order valence-corrected chi connectivity index (χ4v) is 3.95. The summed E-state index contributed by atoms with van der Waals surface area (Å²) < 4.78 is 17.5. The molecule has 0 radical (unpaired) electrons. The zero-order chi connectivity index (χ0) is 20.0. The van der Waals surface area contributed by atoms with Crippen LogP contribution in [-0.2, 0) is 13.1 Å². The number of ether oxygens (including phenoxy) is 2. The van der Waals surface area contributed by atoms with Gasteiger partial charge in [-0.05, 0) is 54.5 Å². The maximum absolute atomic E-state index is 13.0. The Labute approximate surface area is 173 Å². The summed E-state index contributed by atoms with van der Waals surface area (Å²) in [6.45, 7) is 3.58. The molecule has 146 valence electrons. The first-order chi connectivity index (χ1) is 14.1. The highest BCUT2D eigenvalue weighted by Gasteiger charge is 2.35. The molecule has 3 heterocycles. The van der Waals surface area contributed by atoms with Crippen molar-refractivity contribution in [2.45, 2.75) is 20.0 Å². The molecule has 5 rings (SSSR count). The van der Waals surface area contributed by atoms with Gasteiger partial charge in [0.15, 0.2) is 5.76 Å². The fraction of sp³-hybridized carbons (Fsp3) is 0.174. The average molecular weight is 408 g/mol. The van der Waals surface area contributed by atoms with Crippen molar-refractivity contribution in [1.82, 2.24) is 4.90 Å². The van der Waals surface area contributed by atoms with Crippen molar-refractivity contribution < 1.29 is 18.7 Å². The quantitative estimate of drug-likeness (QED) is 0.558. The molecule has 0 atom stereocenters. The molecule has 1 aromatic heterocycles. The molecule has 0 saturated carbocycles. The minimum atomic E-state index is -0.122. The Morgan fingerprint density at radius 2 is 2.10 bits per heavy atom. The Hall–Kier alpha value is -3.02. The molecule has 2 aliphatic heterocycles. The number of hydrogen-bond donors (Lipinski definition) is 0. The van der Waals surface area contributed by atoms with E-state index in [1.54, 1.807) is 24.5 Å². The van der Waals surface area contributed by atoms with Crippen molar-refractivity contribution in [2.75, 3.05) is 6.73 Å². The molecular weight excluding hydrogens is 390 g/mol. The molecule has 2 aliphatic rings. The van der Waals surface area contributed by atoms with E-state index in [1.165, 1.54) is 0 Å². The van der Waals surface area contributed by atoms with Gasteiger partial charge in [-0.15, -0.1) is 0 Å². The normalized spacial score (nSPS) is 17.0. The van der Waals surface area contributed by atoms with E-state index < -0.39 is 0 Å². The van der Waals surface area contributed by atoms with Gasteiger partial charge in [0.2, 0.25) is 5.78 Å². The minimum Gasteiger partial charge on any atom is -0.478 e. The molecule has 29 heavy (non-hydrogen) atoms. The number of ketones is 1. The number of benzene rings is 2. The van der Waals surface area contributed by atoms with Crippen LogP contribution in [0, 0.1) is 6.92 Å². The molecule has 0 aliphatic carbocycles. The summed E-state index contributed by atoms with van der Waals surface area (Å²) in [5.74, 6) is 2.38. The maximum atomic E-state index is 13.0.